The van der Waals surface area contributed by atoms with E-state index < -0.39 is 28.5 Å². The number of thiophene rings is 1. The molecule has 2 N–H and O–H groups in total. The summed E-state index contributed by atoms with van der Waals surface area (Å²) in [4.78, 5) is 29.2. The Bertz CT molecular complexity index is 1750. The van der Waals surface area contributed by atoms with Crippen LogP contribution in [0.4, 0.5) is 10.8 Å². The Kier molecular flexibility index (Phi) is 8.27. The Labute approximate surface area is 243 Å². The predicted octanol–water partition coefficient (Wildman–Crippen LogP) is 6.79. The Morgan fingerprint density at radius 1 is 0.850 bits per heavy atom. The van der Waals surface area contributed by atoms with E-state index in [1.165, 1.54) is 47.7 Å². The van der Waals surface area contributed by atoms with Gasteiger partial charge in [-0.1, -0.05) is 66.2 Å². The number of benzene rings is 3. The minimum atomic E-state index is -3.80. The van der Waals surface area contributed by atoms with E-state index in [9.17, 15) is 18.0 Å². The summed E-state index contributed by atoms with van der Waals surface area (Å²) in [5, 5.41) is 4.85. The molecule has 0 radical (unpaired) electrons. The van der Waals surface area contributed by atoms with E-state index >= 15 is 0 Å². The first-order valence-corrected chi connectivity index (χ1v) is 15.3. The van der Waals surface area contributed by atoms with E-state index in [1.807, 2.05) is 60.0 Å². The Balaban J connectivity index is 1.12. The summed E-state index contributed by atoms with van der Waals surface area (Å²) in [6.07, 6.45) is 0. The van der Waals surface area contributed by atoms with Crippen molar-refractivity contribution in [1.29, 1.82) is 0 Å². The Morgan fingerprint density at radius 2 is 1.52 bits per heavy atom. The number of nitrogens with zero attached hydrogens (tertiary/aromatic N) is 1. The molecule has 8 nitrogen and oxygen atoms in total. The molecule has 5 aromatic rings. The number of carbonyl (C=O) groups excluding carboxylic acids is 2. The summed E-state index contributed by atoms with van der Waals surface area (Å²) >= 11 is 8.01. The number of rotatable bonds is 9. The van der Waals surface area contributed by atoms with Crippen molar-refractivity contribution in [2.75, 3.05) is 16.6 Å². The molecule has 0 atom stereocenters. The van der Waals surface area contributed by atoms with E-state index in [0.717, 1.165) is 33.7 Å². The quantitative estimate of drug-likeness (QED) is 0.178. The zero-order valence-corrected chi connectivity index (χ0v) is 23.7. The van der Waals surface area contributed by atoms with Gasteiger partial charge in [0, 0.05) is 16.6 Å². The number of aromatic nitrogens is 1. The van der Waals surface area contributed by atoms with Crippen LogP contribution in [0.3, 0.4) is 0 Å². The first-order chi connectivity index (χ1) is 19.3. The number of esters is 1. The Morgan fingerprint density at radius 3 is 2.20 bits per heavy atom. The molecule has 0 aliphatic carbocycles. The second kappa shape index (κ2) is 12.0. The van der Waals surface area contributed by atoms with Crippen molar-refractivity contribution in [1.82, 2.24) is 4.98 Å². The van der Waals surface area contributed by atoms with Gasteiger partial charge < -0.3 is 4.74 Å². The van der Waals surface area contributed by atoms with E-state index in [0.29, 0.717) is 9.47 Å². The van der Waals surface area contributed by atoms with Crippen molar-refractivity contribution in [3.63, 3.8) is 0 Å². The average molecular weight is 610 g/mol. The van der Waals surface area contributed by atoms with Crippen LogP contribution in [0.5, 0.6) is 0 Å². The second-order valence-corrected chi connectivity index (χ2v) is 12.8. The van der Waals surface area contributed by atoms with Gasteiger partial charge in [-0.15, -0.1) is 22.7 Å². The molecule has 0 saturated heterocycles. The second-order valence-electron chi connectivity index (χ2n) is 8.35. The molecule has 0 fully saturated rings. The van der Waals surface area contributed by atoms with Crippen LogP contribution in [-0.2, 0) is 19.6 Å². The molecule has 0 aliphatic rings. The van der Waals surface area contributed by atoms with Crippen molar-refractivity contribution >= 4 is 67.0 Å². The number of hydrogen-bond donors (Lipinski definition) is 2. The molecule has 2 heterocycles. The number of carbonyl (C=O) groups is 2. The highest BCUT2D eigenvalue weighted by Gasteiger charge is 2.18. The van der Waals surface area contributed by atoms with E-state index in [4.69, 9.17) is 16.3 Å². The van der Waals surface area contributed by atoms with Gasteiger partial charge in [-0.25, -0.2) is 18.2 Å². The predicted molar refractivity (Wildman–Crippen MR) is 158 cm³/mol. The van der Waals surface area contributed by atoms with Crippen LogP contribution >= 0.6 is 34.3 Å². The fourth-order valence-corrected chi connectivity index (χ4v) is 6.90. The number of nitrogens with one attached hydrogen (secondary N) is 2. The standard InChI is InChI=1S/C28H20ClN3O5S3/c29-24-14-15-26(39-24)40(35,36)32-22-12-10-21(11-13-22)27(34)37-16-25(33)31-28-30-23(17-38-28)20-8-6-19(7-9-20)18-4-2-1-3-5-18/h1-15,17,32H,16H2,(H,30,31,33). The minimum Gasteiger partial charge on any atom is -0.452 e. The Hall–Kier alpha value is -4.03. The fourth-order valence-electron chi connectivity index (χ4n) is 3.62. The maximum absolute atomic E-state index is 12.4. The van der Waals surface area contributed by atoms with Crippen LogP contribution in [0.1, 0.15) is 10.4 Å². The van der Waals surface area contributed by atoms with Crippen LogP contribution in [0.25, 0.3) is 22.4 Å². The summed E-state index contributed by atoms with van der Waals surface area (Å²) in [7, 11) is -3.80. The smallest absolute Gasteiger partial charge is 0.338 e. The number of ether oxygens (including phenoxy) is 1. The number of amides is 1. The molecule has 0 bridgehead atoms. The third-order valence-electron chi connectivity index (χ3n) is 5.56. The van der Waals surface area contributed by atoms with E-state index in [1.54, 1.807) is 0 Å². The summed E-state index contributed by atoms with van der Waals surface area (Å²) < 4.78 is 32.8. The molecule has 3 aromatic carbocycles. The van der Waals surface area contributed by atoms with Gasteiger partial charge in [-0.3, -0.25) is 14.8 Å². The van der Waals surface area contributed by atoms with Crippen molar-refractivity contribution in [3.8, 4) is 22.4 Å². The molecule has 0 aliphatic heterocycles. The zero-order chi connectivity index (χ0) is 28.1. The molecule has 202 valence electrons. The van der Waals surface area contributed by atoms with Crippen LogP contribution < -0.4 is 10.0 Å². The first-order valence-electron chi connectivity index (χ1n) is 11.7. The van der Waals surface area contributed by atoms with Gasteiger partial charge in [0.1, 0.15) is 4.21 Å². The summed E-state index contributed by atoms with van der Waals surface area (Å²) in [6.45, 7) is -0.507. The highest BCUT2D eigenvalue weighted by molar-refractivity contribution is 7.94. The first kappa shape index (κ1) is 27.5. The lowest BCUT2D eigenvalue weighted by Crippen LogP contribution is -2.20. The van der Waals surface area contributed by atoms with Crippen LogP contribution in [0, 0.1) is 0 Å². The molecule has 0 saturated carbocycles. The van der Waals surface area contributed by atoms with Crippen molar-refractivity contribution in [2.24, 2.45) is 0 Å². The zero-order valence-electron chi connectivity index (χ0n) is 20.5. The van der Waals surface area contributed by atoms with E-state index in [2.05, 4.69) is 15.0 Å². The highest BCUT2D eigenvalue weighted by Crippen LogP contribution is 2.29. The molecular weight excluding hydrogens is 590 g/mol. The summed E-state index contributed by atoms with van der Waals surface area (Å²) in [6, 6.07) is 26.6. The molecule has 0 unspecified atom stereocenters. The molecule has 0 spiro atoms. The molecule has 2 aromatic heterocycles. The van der Waals surface area contributed by atoms with Gasteiger partial charge in [-0.05, 0) is 47.5 Å². The highest BCUT2D eigenvalue weighted by atomic mass is 35.5. The summed E-state index contributed by atoms with van der Waals surface area (Å²) in [5.74, 6) is -1.26. The topological polar surface area (TPSA) is 114 Å². The third kappa shape index (κ3) is 6.75. The van der Waals surface area contributed by atoms with Crippen molar-refractivity contribution in [3.05, 3.63) is 106 Å². The number of anilines is 2. The number of halogens is 1. The number of hydrogen-bond acceptors (Lipinski definition) is 8. The van der Waals surface area contributed by atoms with Gasteiger partial charge in [0.25, 0.3) is 15.9 Å². The minimum absolute atomic E-state index is 0.0697. The number of sulfonamides is 1. The third-order valence-corrected chi connectivity index (χ3v) is 9.42. The molecular formula is C28H20ClN3O5S3. The summed E-state index contributed by atoms with van der Waals surface area (Å²) in [5.41, 5.74) is 4.26. The monoisotopic (exact) mass is 609 g/mol. The normalized spacial score (nSPS) is 11.1. The lowest BCUT2D eigenvalue weighted by Gasteiger charge is -2.08. The lowest BCUT2D eigenvalue weighted by atomic mass is 10.0. The van der Waals surface area contributed by atoms with Gasteiger partial charge >= 0.3 is 5.97 Å². The SMILES string of the molecule is O=C(COC(=O)c1ccc(NS(=O)(=O)c2ccc(Cl)s2)cc1)Nc1nc(-c2ccc(-c3ccccc3)cc2)cs1. The fraction of sp³-hybridized carbons (Fsp3) is 0.0357. The largest absolute Gasteiger partial charge is 0.452 e. The van der Waals surface area contributed by atoms with Crippen LogP contribution in [0.2, 0.25) is 4.34 Å². The molecule has 5 rings (SSSR count). The van der Waals surface area contributed by atoms with Crippen LogP contribution in [-0.4, -0.2) is 31.9 Å². The van der Waals surface area contributed by atoms with Gasteiger partial charge in [0.05, 0.1) is 15.6 Å². The van der Waals surface area contributed by atoms with Gasteiger partial charge in [0.2, 0.25) is 0 Å². The van der Waals surface area contributed by atoms with Crippen molar-refractivity contribution < 1.29 is 22.7 Å². The van der Waals surface area contributed by atoms with Crippen LogP contribution in [0.15, 0.2) is 101 Å². The molecule has 12 heteroatoms. The maximum Gasteiger partial charge on any atom is 0.338 e. The average Bonchev–Trinajstić information content (AvgIpc) is 3.62. The maximum atomic E-state index is 12.4. The van der Waals surface area contributed by atoms with Gasteiger partial charge in [-0.2, -0.15) is 0 Å². The lowest BCUT2D eigenvalue weighted by molar-refractivity contribution is -0.119. The molecule has 1 amide bonds. The van der Waals surface area contributed by atoms with Gasteiger partial charge in [0.15, 0.2) is 11.7 Å². The van der Waals surface area contributed by atoms with E-state index in [-0.39, 0.29) is 15.5 Å². The molecule has 40 heavy (non-hydrogen) atoms. The van der Waals surface area contributed by atoms with Crippen molar-refractivity contribution in [2.45, 2.75) is 4.21 Å². The number of thiazole rings is 1.